The number of carboxylic acids is 1. The van der Waals surface area contributed by atoms with E-state index in [4.69, 9.17) is 0 Å². The summed E-state index contributed by atoms with van der Waals surface area (Å²) in [6, 6.07) is 7.54. The first-order valence-corrected chi connectivity index (χ1v) is 17.8. The topological polar surface area (TPSA) is 204 Å². The number of sulfonamides is 1. The number of aliphatic carboxylic acids is 1. The molecule has 0 aliphatic carbocycles. The molecule has 276 valence electrons. The molecule has 1 aromatic carbocycles. The number of anilines is 2. The maximum Gasteiger partial charge on any atom is 0.331 e. The van der Waals surface area contributed by atoms with Crippen molar-refractivity contribution in [1.82, 2.24) is 30.5 Å². The molecule has 2 fully saturated rings. The van der Waals surface area contributed by atoms with Crippen LogP contribution in [0.2, 0.25) is 0 Å². The molecule has 4 amide bonds. The number of urea groups is 1. The van der Waals surface area contributed by atoms with Gasteiger partial charge in [-0.1, -0.05) is 0 Å². The third-order valence-corrected chi connectivity index (χ3v) is 10.3. The van der Waals surface area contributed by atoms with Gasteiger partial charge in [0.25, 0.3) is 15.9 Å². The van der Waals surface area contributed by atoms with Gasteiger partial charge in [-0.25, -0.2) is 28.3 Å². The first-order chi connectivity index (χ1) is 25.1. The summed E-state index contributed by atoms with van der Waals surface area (Å²) >= 11 is 0. The number of imide groups is 1. The minimum absolute atomic E-state index is 0.149. The molecule has 3 aromatic heterocycles. The number of likely N-dealkylation sites (N-methyl/N-ethyl adjacent to an activating group) is 1. The molecule has 5 heterocycles. The highest BCUT2D eigenvalue weighted by Crippen LogP contribution is 2.30. The maximum atomic E-state index is 15.1. The van der Waals surface area contributed by atoms with Crippen LogP contribution in [0.15, 0.2) is 66.0 Å². The van der Waals surface area contributed by atoms with Gasteiger partial charge < -0.3 is 20.6 Å². The number of carbonyl (C=O) groups is 4. The fraction of sp³-hybridized carbons (Fsp3) is 0.286. The molecule has 53 heavy (non-hydrogen) atoms. The lowest BCUT2D eigenvalue weighted by Crippen LogP contribution is -2.65. The van der Waals surface area contributed by atoms with Crippen molar-refractivity contribution in [2.24, 2.45) is 5.92 Å². The highest BCUT2D eigenvalue weighted by Gasteiger charge is 2.46. The first kappa shape index (κ1) is 36.9. The predicted molar refractivity (Wildman–Crippen MR) is 186 cm³/mol. The Morgan fingerprint density at radius 3 is 2.38 bits per heavy atom. The van der Waals surface area contributed by atoms with E-state index in [9.17, 15) is 32.7 Å². The normalized spacial score (nSPS) is 18.0. The molecular formula is C35H34F2N8O7S. The SMILES string of the molecule is Cc1cc(-c2ccc(S(=O)(=O)Nc3cc(F)c(C(=O)N[C@@H](Cc4ccc(N5C(=O)C6CCNCC6N(C)C5=O)cn4)C(=O)O)cc3F)nc2)cc(C)n1. The summed E-state index contributed by atoms with van der Waals surface area (Å²) in [5, 5.41) is 14.6. The smallest absolute Gasteiger partial charge is 0.331 e. The van der Waals surface area contributed by atoms with Crippen molar-refractivity contribution in [3.63, 3.8) is 0 Å². The van der Waals surface area contributed by atoms with Crippen LogP contribution in [0.4, 0.5) is 25.0 Å². The van der Waals surface area contributed by atoms with Crippen LogP contribution in [0, 0.1) is 31.4 Å². The molecule has 0 radical (unpaired) electrons. The number of benzene rings is 1. The van der Waals surface area contributed by atoms with E-state index in [2.05, 4.69) is 25.6 Å². The monoisotopic (exact) mass is 748 g/mol. The van der Waals surface area contributed by atoms with Gasteiger partial charge in [0.05, 0.1) is 35.1 Å². The van der Waals surface area contributed by atoms with Crippen molar-refractivity contribution in [3.05, 3.63) is 95.2 Å². The molecule has 4 N–H and O–H groups in total. The molecule has 2 unspecified atom stereocenters. The first-order valence-electron chi connectivity index (χ1n) is 16.4. The van der Waals surface area contributed by atoms with Gasteiger partial charge in [-0.15, -0.1) is 0 Å². The van der Waals surface area contributed by atoms with Crippen LogP contribution < -0.4 is 20.3 Å². The van der Waals surface area contributed by atoms with Gasteiger partial charge in [0.1, 0.15) is 17.7 Å². The summed E-state index contributed by atoms with van der Waals surface area (Å²) in [6.45, 7) is 4.74. The van der Waals surface area contributed by atoms with Crippen LogP contribution in [0.5, 0.6) is 0 Å². The summed E-state index contributed by atoms with van der Waals surface area (Å²) in [4.78, 5) is 66.2. The quantitative estimate of drug-likeness (QED) is 0.186. The largest absolute Gasteiger partial charge is 0.480 e. The van der Waals surface area contributed by atoms with Gasteiger partial charge in [0, 0.05) is 54.9 Å². The Labute approximate surface area is 302 Å². The number of piperidine rings is 1. The second-order valence-corrected chi connectivity index (χ2v) is 14.4. The summed E-state index contributed by atoms with van der Waals surface area (Å²) < 4.78 is 58.2. The van der Waals surface area contributed by atoms with E-state index in [0.29, 0.717) is 37.2 Å². The Bertz CT molecular complexity index is 2200. The zero-order valence-corrected chi connectivity index (χ0v) is 29.4. The summed E-state index contributed by atoms with van der Waals surface area (Å²) in [7, 11) is -2.89. The van der Waals surface area contributed by atoms with Crippen molar-refractivity contribution >= 4 is 45.2 Å². The van der Waals surface area contributed by atoms with E-state index in [-0.39, 0.29) is 23.3 Å². The molecule has 0 saturated carbocycles. The lowest BCUT2D eigenvalue weighted by molar-refractivity contribution is -0.139. The van der Waals surface area contributed by atoms with Gasteiger partial charge in [-0.2, -0.15) is 8.42 Å². The van der Waals surface area contributed by atoms with Crippen LogP contribution in [-0.4, -0.2) is 89.4 Å². The molecule has 4 aromatic rings. The molecule has 6 rings (SSSR count). The van der Waals surface area contributed by atoms with E-state index in [1.54, 1.807) is 19.2 Å². The van der Waals surface area contributed by atoms with E-state index >= 15 is 8.78 Å². The van der Waals surface area contributed by atoms with Gasteiger partial charge in [0.2, 0.25) is 5.91 Å². The van der Waals surface area contributed by atoms with Crippen LogP contribution in [-0.2, 0) is 26.0 Å². The van der Waals surface area contributed by atoms with E-state index < -0.39 is 74.2 Å². The Morgan fingerprint density at radius 2 is 1.74 bits per heavy atom. The molecule has 2 saturated heterocycles. The van der Waals surface area contributed by atoms with E-state index in [1.165, 1.54) is 41.6 Å². The lowest BCUT2D eigenvalue weighted by atomic mass is 9.88. The van der Waals surface area contributed by atoms with Crippen LogP contribution in [0.25, 0.3) is 11.1 Å². The average Bonchev–Trinajstić information content (AvgIpc) is 3.12. The highest BCUT2D eigenvalue weighted by atomic mass is 32.2. The summed E-state index contributed by atoms with van der Waals surface area (Å²) in [5.74, 6) is -6.21. The number of rotatable bonds is 10. The molecular weight excluding hydrogens is 714 g/mol. The maximum absolute atomic E-state index is 15.1. The van der Waals surface area contributed by atoms with Gasteiger partial charge >= 0.3 is 12.0 Å². The number of nitrogens with one attached hydrogen (secondary N) is 3. The number of hydrogen-bond donors (Lipinski definition) is 4. The third-order valence-electron chi connectivity index (χ3n) is 9.03. The second kappa shape index (κ2) is 14.6. The number of carboxylic acid groups (broad SMARTS) is 1. The fourth-order valence-electron chi connectivity index (χ4n) is 6.36. The molecule has 15 nitrogen and oxygen atoms in total. The Hall–Kier alpha value is -5.88. The Balaban J connectivity index is 1.12. The van der Waals surface area contributed by atoms with Crippen molar-refractivity contribution in [2.45, 2.75) is 43.8 Å². The third kappa shape index (κ3) is 7.68. The average molecular weight is 749 g/mol. The Morgan fingerprint density at radius 1 is 1.00 bits per heavy atom. The highest BCUT2D eigenvalue weighted by molar-refractivity contribution is 7.92. The molecule has 0 spiro atoms. The zero-order valence-electron chi connectivity index (χ0n) is 28.6. The number of carbonyl (C=O) groups excluding carboxylic acids is 3. The molecule has 3 atom stereocenters. The number of halogens is 2. The molecule has 2 aliphatic rings. The fourth-order valence-corrected chi connectivity index (χ4v) is 7.35. The number of aromatic nitrogens is 3. The number of aryl methyl sites for hydroxylation is 2. The standard InChI is InChI=1S/C35H34F2N8O7S/c1-18-10-21(11-19(2)41-18)20-4-7-31(40-15-20)53(51,52)43-28-14-26(36)25(13-27(28)37)32(46)42-29(34(48)49)12-22-5-6-23(16-39-22)45-33(47)24-8-9-38-17-30(24)44(3)35(45)50/h4-7,10-11,13-16,24,29-30,38,43H,8-9,12,17H2,1-3H3,(H,42,46)(H,48,49)/t24?,29-,30?/m0/s1. The summed E-state index contributed by atoms with van der Waals surface area (Å²) in [5.41, 5.74) is 1.51. The van der Waals surface area contributed by atoms with Crippen molar-refractivity contribution < 1.29 is 41.5 Å². The minimum atomic E-state index is -4.50. The van der Waals surface area contributed by atoms with Crippen molar-refractivity contribution in [3.8, 4) is 11.1 Å². The second-order valence-electron chi connectivity index (χ2n) is 12.8. The van der Waals surface area contributed by atoms with Gasteiger partial charge in [-0.05, 0) is 74.8 Å². The minimum Gasteiger partial charge on any atom is -0.480 e. The van der Waals surface area contributed by atoms with Gasteiger partial charge in [0.15, 0.2) is 5.03 Å². The number of pyridine rings is 3. The van der Waals surface area contributed by atoms with Crippen LogP contribution in [0.3, 0.4) is 0 Å². The van der Waals surface area contributed by atoms with Crippen molar-refractivity contribution in [2.75, 3.05) is 29.8 Å². The number of nitrogens with zero attached hydrogens (tertiary/aromatic N) is 5. The van der Waals surface area contributed by atoms with Crippen molar-refractivity contribution in [1.29, 1.82) is 0 Å². The summed E-state index contributed by atoms with van der Waals surface area (Å²) in [6.07, 6.45) is 2.70. The predicted octanol–water partition coefficient (Wildman–Crippen LogP) is 3.04. The van der Waals surface area contributed by atoms with Gasteiger partial charge in [-0.3, -0.25) is 24.3 Å². The molecule has 18 heteroatoms. The molecule has 0 bridgehead atoms. The van der Waals surface area contributed by atoms with E-state index in [1.807, 2.05) is 18.6 Å². The number of fused-ring (bicyclic) bond motifs is 1. The zero-order chi connectivity index (χ0) is 38.2. The molecule has 2 aliphatic heterocycles. The van der Waals surface area contributed by atoms with E-state index in [0.717, 1.165) is 21.9 Å². The lowest BCUT2D eigenvalue weighted by Gasteiger charge is -2.45. The number of amides is 4. The van der Waals surface area contributed by atoms with Crippen LogP contribution >= 0.6 is 0 Å². The van der Waals surface area contributed by atoms with Crippen LogP contribution in [0.1, 0.15) is 33.9 Å². The number of hydrogen-bond acceptors (Lipinski definition) is 10. The Kier molecular flexibility index (Phi) is 10.2.